The minimum atomic E-state index is 0.276. The van der Waals surface area contributed by atoms with E-state index in [2.05, 4.69) is 71.2 Å². The topological polar surface area (TPSA) is 69.5 Å². The highest BCUT2D eigenvalue weighted by Crippen LogP contribution is 2.38. The van der Waals surface area contributed by atoms with Crippen molar-refractivity contribution in [2.75, 3.05) is 26.7 Å². The van der Waals surface area contributed by atoms with E-state index < -0.39 is 0 Å². The summed E-state index contributed by atoms with van der Waals surface area (Å²) in [6.07, 6.45) is 8.22. The number of carbonyl (C=O) groups is 1. The lowest BCUT2D eigenvalue weighted by Gasteiger charge is -2.32. The number of pyridine rings is 1. The summed E-state index contributed by atoms with van der Waals surface area (Å²) < 4.78 is 1.87. The van der Waals surface area contributed by atoms with Gasteiger partial charge >= 0.3 is 0 Å². The van der Waals surface area contributed by atoms with Gasteiger partial charge < -0.3 is 9.88 Å². The van der Waals surface area contributed by atoms with Gasteiger partial charge in [0.1, 0.15) is 6.33 Å². The number of rotatable bonds is 6. The number of benzene rings is 1. The first-order valence-corrected chi connectivity index (χ1v) is 13.3. The average Bonchev–Trinajstić information content (AvgIpc) is 3.47. The number of aromatic nitrogens is 4. The number of likely N-dealkylation sites (tertiary alicyclic amines) is 1. The molecule has 0 radical (unpaired) electrons. The predicted molar refractivity (Wildman–Crippen MR) is 143 cm³/mol. The highest BCUT2D eigenvalue weighted by molar-refractivity contribution is 5.92. The van der Waals surface area contributed by atoms with E-state index in [9.17, 15) is 4.79 Å². The van der Waals surface area contributed by atoms with Crippen LogP contribution in [-0.4, -0.2) is 68.0 Å². The number of hydrogen-bond donors (Lipinski definition) is 1. The molecular weight excluding hydrogens is 448 g/mol. The Morgan fingerprint density at radius 2 is 1.94 bits per heavy atom. The van der Waals surface area contributed by atoms with E-state index in [0.717, 1.165) is 42.7 Å². The minimum absolute atomic E-state index is 0.276. The zero-order chi connectivity index (χ0) is 25.0. The van der Waals surface area contributed by atoms with Crippen molar-refractivity contribution < 1.29 is 4.79 Å². The molecule has 4 aromatic rings. The van der Waals surface area contributed by atoms with Crippen LogP contribution in [0.1, 0.15) is 68.1 Å². The Labute approximate surface area is 212 Å². The molecule has 36 heavy (non-hydrogen) atoms. The summed E-state index contributed by atoms with van der Waals surface area (Å²) in [7, 11) is 1.96. The van der Waals surface area contributed by atoms with Gasteiger partial charge in [0, 0.05) is 35.8 Å². The van der Waals surface area contributed by atoms with Crippen LogP contribution >= 0.6 is 0 Å². The molecule has 2 aliphatic rings. The second-order valence-electron chi connectivity index (χ2n) is 11.1. The molecule has 1 amide bonds. The van der Waals surface area contributed by atoms with Gasteiger partial charge in [0.25, 0.3) is 0 Å². The van der Waals surface area contributed by atoms with Crippen molar-refractivity contribution in [3.05, 3.63) is 53.5 Å². The maximum absolute atomic E-state index is 12.6. The molecular formula is C29H36N6O. The van der Waals surface area contributed by atoms with Gasteiger partial charge in [-0.2, -0.15) is 5.10 Å². The number of aromatic amines is 1. The van der Waals surface area contributed by atoms with Crippen LogP contribution in [0.4, 0.5) is 0 Å². The number of carbonyl (C=O) groups excluding carboxylic acids is 1. The molecule has 1 saturated heterocycles. The number of fused-ring (bicyclic) bond motifs is 2. The molecule has 1 aliphatic heterocycles. The van der Waals surface area contributed by atoms with Gasteiger partial charge in [0.05, 0.1) is 12.2 Å². The van der Waals surface area contributed by atoms with Crippen molar-refractivity contribution >= 4 is 22.5 Å². The molecule has 1 aliphatic carbocycles. The quantitative estimate of drug-likeness (QED) is 0.413. The molecule has 7 nitrogen and oxygen atoms in total. The van der Waals surface area contributed by atoms with E-state index in [1.54, 1.807) is 6.33 Å². The molecule has 1 aromatic carbocycles. The van der Waals surface area contributed by atoms with Crippen LogP contribution in [0.5, 0.6) is 0 Å². The summed E-state index contributed by atoms with van der Waals surface area (Å²) in [5, 5.41) is 5.70. The van der Waals surface area contributed by atoms with E-state index in [1.807, 2.05) is 16.5 Å². The van der Waals surface area contributed by atoms with E-state index in [4.69, 9.17) is 0 Å². The molecule has 0 atom stereocenters. The number of amides is 1. The second-order valence-corrected chi connectivity index (χ2v) is 11.1. The lowest BCUT2D eigenvalue weighted by atomic mass is 9.87. The fraction of sp³-hybridized carbons (Fsp3) is 0.483. The van der Waals surface area contributed by atoms with Crippen molar-refractivity contribution in [2.24, 2.45) is 0 Å². The Kier molecular flexibility index (Phi) is 5.83. The first-order chi connectivity index (χ1) is 17.4. The summed E-state index contributed by atoms with van der Waals surface area (Å²) >= 11 is 0. The fourth-order valence-corrected chi connectivity index (χ4v) is 5.93. The average molecular weight is 485 g/mol. The first-order valence-electron chi connectivity index (χ1n) is 13.3. The maximum atomic E-state index is 12.6. The van der Waals surface area contributed by atoms with Crippen LogP contribution in [0, 0.1) is 6.92 Å². The van der Waals surface area contributed by atoms with Crippen LogP contribution in [-0.2, 0) is 4.79 Å². The van der Waals surface area contributed by atoms with Gasteiger partial charge in [-0.3, -0.25) is 9.69 Å². The van der Waals surface area contributed by atoms with Crippen molar-refractivity contribution in [1.82, 2.24) is 29.4 Å². The number of nitrogens with one attached hydrogen (secondary N) is 1. The molecule has 2 fully saturated rings. The zero-order valence-corrected chi connectivity index (χ0v) is 21.8. The molecule has 3 aromatic heterocycles. The Bertz CT molecular complexity index is 1420. The largest absolute Gasteiger partial charge is 0.354 e. The molecule has 6 rings (SSSR count). The molecule has 4 heterocycles. The third-order valence-electron chi connectivity index (χ3n) is 8.19. The van der Waals surface area contributed by atoms with Crippen LogP contribution in [0.3, 0.4) is 0 Å². The maximum Gasteiger partial charge on any atom is 0.236 e. The highest BCUT2D eigenvalue weighted by atomic mass is 16.2. The van der Waals surface area contributed by atoms with E-state index in [0.29, 0.717) is 24.4 Å². The fourth-order valence-electron chi connectivity index (χ4n) is 5.93. The number of likely N-dealkylation sites (N-methyl/N-ethyl adjacent to an activating group) is 1. The van der Waals surface area contributed by atoms with Crippen molar-refractivity contribution in [3.63, 3.8) is 0 Å². The summed E-state index contributed by atoms with van der Waals surface area (Å²) in [5.41, 5.74) is 8.28. The molecule has 0 unspecified atom stereocenters. The van der Waals surface area contributed by atoms with Gasteiger partial charge in [0.15, 0.2) is 5.65 Å². The van der Waals surface area contributed by atoms with Crippen LogP contribution < -0.4 is 0 Å². The number of piperidine rings is 1. The zero-order valence-electron chi connectivity index (χ0n) is 21.8. The molecule has 1 saturated carbocycles. The third-order valence-corrected chi connectivity index (χ3v) is 8.19. The smallest absolute Gasteiger partial charge is 0.236 e. The standard InChI is InChI=1S/C29H36N6O/c1-18(2)27-24-14-21(20-9-11-34(12-10-20)16-26(36)33(4)23-6-7-23)5-8-25(24)32-28(27)22-13-19(3)29-30-17-31-35(29)15-22/h5,8,13-15,17-18,20,23,32H,6-7,9-12,16H2,1-4H3. The summed E-state index contributed by atoms with van der Waals surface area (Å²) in [6.45, 7) is 9.17. The van der Waals surface area contributed by atoms with Gasteiger partial charge in [-0.05, 0) is 92.4 Å². The number of hydrogen-bond acceptors (Lipinski definition) is 4. The Balaban J connectivity index is 1.25. The van der Waals surface area contributed by atoms with E-state index >= 15 is 0 Å². The minimum Gasteiger partial charge on any atom is -0.354 e. The monoisotopic (exact) mass is 484 g/mol. The molecule has 7 heteroatoms. The third kappa shape index (κ3) is 4.19. The van der Waals surface area contributed by atoms with Crippen molar-refractivity contribution in [1.29, 1.82) is 0 Å². The van der Waals surface area contributed by atoms with Crippen LogP contribution in [0.25, 0.3) is 27.8 Å². The van der Waals surface area contributed by atoms with Crippen molar-refractivity contribution in [2.45, 2.75) is 64.3 Å². The lowest BCUT2D eigenvalue weighted by molar-refractivity contribution is -0.131. The normalized spacial score (nSPS) is 17.5. The molecule has 0 spiro atoms. The van der Waals surface area contributed by atoms with Gasteiger partial charge in [-0.15, -0.1) is 0 Å². The lowest BCUT2D eigenvalue weighted by Crippen LogP contribution is -2.42. The Morgan fingerprint density at radius 1 is 1.17 bits per heavy atom. The predicted octanol–water partition coefficient (Wildman–Crippen LogP) is 5.11. The number of nitrogens with zero attached hydrogens (tertiary/aromatic N) is 5. The number of aryl methyl sites for hydroxylation is 1. The molecule has 1 N–H and O–H groups in total. The van der Waals surface area contributed by atoms with E-state index in [-0.39, 0.29) is 5.91 Å². The van der Waals surface area contributed by atoms with E-state index in [1.165, 1.54) is 40.6 Å². The second kappa shape index (κ2) is 9.04. The summed E-state index contributed by atoms with van der Waals surface area (Å²) in [6, 6.07) is 9.66. The van der Waals surface area contributed by atoms with Crippen molar-refractivity contribution in [3.8, 4) is 11.3 Å². The summed E-state index contributed by atoms with van der Waals surface area (Å²) in [4.78, 5) is 24.9. The van der Waals surface area contributed by atoms with Crippen LogP contribution in [0.15, 0.2) is 36.8 Å². The molecule has 188 valence electrons. The highest BCUT2D eigenvalue weighted by Gasteiger charge is 2.31. The molecule has 0 bridgehead atoms. The summed E-state index contributed by atoms with van der Waals surface area (Å²) in [5.74, 6) is 1.19. The van der Waals surface area contributed by atoms with Gasteiger partial charge in [-0.1, -0.05) is 19.9 Å². The van der Waals surface area contributed by atoms with Gasteiger partial charge in [0.2, 0.25) is 5.91 Å². The van der Waals surface area contributed by atoms with Gasteiger partial charge in [-0.25, -0.2) is 9.50 Å². The van der Waals surface area contributed by atoms with Crippen LogP contribution in [0.2, 0.25) is 0 Å². The SMILES string of the molecule is Cc1cc(-c2[nH]c3ccc(C4CCN(CC(=O)N(C)C5CC5)CC4)cc3c2C(C)C)cn2ncnc12. The Morgan fingerprint density at radius 3 is 2.67 bits per heavy atom. The Hall–Kier alpha value is -3.19. The first kappa shape index (κ1) is 23.2. The number of H-pyrrole nitrogens is 1.